The molecule has 2 aliphatic heterocycles. The highest BCUT2D eigenvalue weighted by Crippen LogP contribution is 2.27. The highest BCUT2D eigenvalue weighted by molar-refractivity contribution is 5.75. The molecule has 0 aromatic heterocycles. The summed E-state index contributed by atoms with van der Waals surface area (Å²) in [5.74, 6) is 0. The van der Waals surface area contributed by atoms with E-state index in [9.17, 15) is 14.3 Å². The summed E-state index contributed by atoms with van der Waals surface area (Å²) in [7, 11) is 0. The summed E-state index contributed by atoms with van der Waals surface area (Å²) in [4.78, 5) is 12.7. The second kappa shape index (κ2) is 4.52. The van der Waals surface area contributed by atoms with Crippen molar-refractivity contribution in [3.63, 3.8) is 0 Å². The Hall–Kier alpha value is -0.920. The number of aliphatic hydroxyl groups excluding tert-OH is 2. The zero-order valence-corrected chi connectivity index (χ0v) is 8.67. The molecule has 2 heterocycles. The third-order valence-electron chi connectivity index (χ3n) is 2.83. The molecule has 3 N–H and O–H groups in total. The first kappa shape index (κ1) is 11.6. The fraction of sp³-hybridized carbons (Fsp3) is 0.889. The van der Waals surface area contributed by atoms with E-state index in [4.69, 9.17) is 9.84 Å². The number of hydrogen-bond donors (Lipinski definition) is 3. The van der Waals surface area contributed by atoms with Gasteiger partial charge in [0.25, 0.3) is 0 Å². The molecule has 2 aliphatic rings. The molecule has 2 amide bonds. The van der Waals surface area contributed by atoms with Gasteiger partial charge in [-0.05, 0) is 0 Å². The average molecular weight is 234 g/mol. The molecule has 0 aromatic rings. The minimum Gasteiger partial charge on any atom is -0.394 e. The Balaban J connectivity index is 1.99. The Morgan fingerprint density at radius 2 is 2.38 bits per heavy atom. The minimum absolute atomic E-state index is 0.0908. The van der Waals surface area contributed by atoms with Crippen molar-refractivity contribution in [1.29, 1.82) is 0 Å². The molecule has 6 nitrogen and oxygen atoms in total. The van der Waals surface area contributed by atoms with E-state index < -0.39 is 30.8 Å². The molecular weight excluding hydrogens is 219 g/mol. The molecule has 16 heavy (non-hydrogen) atoms. The lowest BCUT2D eigenvalue weighted by Crippen LogP contribution is -2.56. The maximum absolute atomic E-state index is 13.6. The highest BCUT2D eigenvalue weighted by Gasteiger charge is 2.42. The summed E-state index contributed by atoms with van der Waals surface area (Å²) < 4.78 is 18.8. The van der Waals surface area contributed by atoms with E-state index in [1.54, 1.807) is 0 Å². The van der Waals surface area contributed by atoms with Gasteiger partial charge in [0.15, 0.2) is 6.23 Å². The number of hydrogen-bond acceptors (Lipinski definition) is 4. The van der Waals surface area contributed by atoms with Crippen LogP contribution in [-0.4, -0.2) is 59.0 Å². The second-order valence-electron chi connectivity index (χ2n) is 4.03. The van der Waals surface area contributed by atoms with Crippen LogP contribution in [0.2, 0.25) is 0 Å². The van der Waals surface area contributed by atoms with Gasteiger partial charge in [-0.15, -0.1) is 0 Å². The summed E-state index contributed by atoms with van der Waals surface area (Å²) in [5, 5.41) is 20.3. The van der Waals surface area contributed by atoms with E-state index in [0.717, 1.165) is 0 Å². The number of amides is 2. The molecule has 0 unspecified atom stereocenters. The van der Waals surface area contributed by atoms with Gasteiger partial charge in [0.1, 0.15) is 12.4 Å². The molecule has 0 aliphatic carbocycles. The van der Waals surface area contributed by atoms with Gasteiger partial charge in [0.2, 0.25) is 0 Å². The van der Waals surface area contributed by atoms with Crippen LogP contribution in [0.4, 0.5) is 9.18 Å². The Morgan fingerprint density at radius 3 is 2.94 bits per heavy atom. The van der Waals surface area contributed by atoms with Gasteiger partial charge in [-0.3, -0.25) is 4.90 Å². The van der Waals surface area contributed by atoms with Gasteiger partial charge in [0.05, 0.1) is 12.7 Å². The smallest absolute Gasteiger partial charge is 0.321 e. The quantitative estimate of drug-likeness (QED) is 0.582. The first-order valence-corrected chi connectivity index (χ1v) is 5.27. The summed E-state index contributed by atoms with van der Waals surface area (Å²) in [5.41, 5.74) is 0. The normalized spacial score (nSPS) is 39.9. The molecule has 4 atom stereocenters. The largest absolute Gasteiger partial charge is 0.394 e. The molecule has 0 saturated carbocycles. The van der Waals surface area contributed by atoms with Crippen LogP contribution < -0.4 is 5.32 Å². The first-order chi connectivity index (χ1) is 7.61. The zero-order chi connectivity index (χ0) is 11.7. The first-order valence-electron chi connectivity index (χ1n) is 5.27. The van der Waals surface area contributed by atoms with Crippen LogP contribution in [0.1, 0.15) is 12.8 Å². The van der Waals surface area contributed by atoms with Crippen LogP contribution in [0.25, 0.3) is 0 Å². The molecule has 2 saturated heterocycles. The second-order valence-corrected chi connectivity index (χ2v) is 4.03. The number of halogens is 1. The van der Waals surface area contributed by atoms with Crippen molar-refractivity contribution in [2.75, 3.05) is 13.2 Å². The number of carbonyl (C=O) groups is 1. The van der Waals surface area contributed by atoms with Crippen molar-refractivity contribution in [2.45, 2.75) is 37.6 Å². The molecule has 0 spiro atoms. The number of alkyl halides is 1. The molecule has 0 aromatic carbocycles. The summed E-state index contributed by atoms with van der Waals surface area (Å²) in [6.07, 6.45) is -3.26. The third kappa shape index (κ3) is 2.11. The van der Waals surface area contributed by atoms with Crippen LogP contribution in [0, 0.1) is 0 Å². The SMILES string of the molecule is O=C1N[C@@H](O)CCN1[C@@H]1O[C@H](CO)C[C@@H]1F. The average Bonchev–Trinajstić information content (AvgIpc) is 2.60. The fourth-order valence-corrected chi connectivity index (χ4v) is 2.00. The van der Waals surface area contributed by atoms with E-state index in [1.165, 1.54) is 4.90 Å². The van der Waals surface area contributed by atoms with Gasteiger partial charge in [-0.25, -0.2) is 9.18 Å². The van der Waals surface area contributed by atoms with Crippen molar-refractivity contribution >= 4 is 6.03 Å². The number of rotatable bonds is 2. The van der Waals surface area contributed by atoms with E-state index in [2.05, 4.69) is 5.32 Å². The molecule has 0 radical (unpaired) electrons. The van der Waals surface area contributed by atoms with Crippen LogP contribution in [0.5, 0.6) is 0 Å². The summed E-state index contributed by atoms with van der Waals surface area (Å²) >= 11 is 0. The van der Waals surface area contributed by atoms with Gasteiger partial charge in [-0.1, -0.05) is 0 Å². The minimum atomic E-state index is -1.29. The Bertz CT molecular complexity index is 278. The van der Waals surface area contributed by atoms with Crippen molar-refractivity contribution in [2.24, 2.45) is 0 Å². The maximum Gasteiger partial charge on any atom is 0.321 e. The summed E-state index contributed by atoms with van der Waals surface area (Å²) in [6, 6.07) is -0.537. The number of nitrogens with zero attached hydrogens (tertiary/aromatic N) is 1. The van der Waals surface area contributed by atoms with Crippen LogP contribution >= 0.6 is 0 Å². The van der Waals surface area contributed by atoms with Gasteiger partial charge >= 0.3 is 6.03 Å². The maximum atomic E-state index is 13.6. The predicted octanol–water partition coefficient (Wildman–Crippen LogP) is -0.835. The number of urea groups is 1. The van der Waals surface area contributed by atoms with Crippen molar-refractivity contribution in [1.82, 2.24) is 10.2 Å². The predicted molar refractivity (Wildman–Crippen MR) is 51.1 cm³/mol. The Labute approximate surface area is 92.0 Å². The van der Waals surface area contributed by atoms with Crippen LogP contribution in [-0.2, 0) is 4.74 Å². The fourth-order valence-electron chi connectivity index (χ4n) is 2.00. The Morgan fingerprint density at radius 1 is 1.62 bits per heavy atom. The molecular formula is C9H15FN2O4. The lowest BCUT2D eigenvalue weighted by molar-refractivity contribution is -0.0773. The standard InChI is InChI=1S/C9H15FN2O4/c10-6-3-5(4-13)16-8(6)12-2-1-7(14)11-9(12)15/h5-8,13-14H,1-4H2,(H,11,15)/t5-,6-,7-,8+/m0/s1. The number of nitrogens with one attached hydrogen (secondary N) is 1. The summed E-state index contributed by atoms with van der Waals surface area (Å²) in [6.45, 7) is -0.00869. The van der Waals surface area contributed by atoms with Crippen molar-refractivity contribution in [3.05, 3.63) is 0 Å². The molecule has 92 valence electrons. The van der Waals surface area contributed by atoms with Gasteiger partial charge in [0, 0.05) is 19.4 Å². The van der Waals surface area contributed by atoms with Crippen molar-refractivity contribution < 1.29 is 24.1 Å². The highest BCUT2D eigenvalue weighted by atomic mass is 19.1. The Kier molecular flexibility index (Phi) is 3.27. The van der Waals surface area contributed by atoms with Crippen LogP contribution in [0.15, 0.2) is 0 Å². The molecule has 2 rings (SSSR count). The number of carbonyl (C=O) groups excluding carboxylic acids is 1. The third-order valence-corrected chi connectivity index (χ3v) is 2.83. The van der Waals surface area contributed by atoms with E-state index in [-0.39, 0.29) is 19.6 Å². The zero-order valence-electron chi connectivity index (χ0n) is 8.67. The molecule has 2 fully saturated rings. The topological polar surface area (TPSA) is 82.0 Å². The lowest BCUT2D eigenvalue weighted by atomic mass is 10.2. The van der Waals surface area contributed by atoms with E-state index in [0.29, 0.717) is 6.42 Å². The van der Waals surface area contributed by atoms with Gasteiger partial charge in [-0.2, -0.15) is 0 Å². The van der Waals surface area contributed by atoms with Crippen LogP contribution in [0.3, 0.4) is 0 Å². The van der Waals surface area contributed by atoms with Crippen molar-refractivity contribution in [3.8, 4) is 0 Å². The van der Waals surface area contributed by atoms with Gasteiger partial charge < -0.3 is 20.3 Å². The molecule has 0 bridgehead atoms. The van der Waals surface area contributed by atoms with E-state index in [1.807, 2.05) is 0 Å². The lowest BCUT2D eigenvalue weighted by Gasteiger charge is -2.35. The monoisotopic (exact) mass is 234 g/mol. The molecule has 7 heteroatoms. The number of ether oxygens (including phenoxy) is 1. The number of aliphatic hydroxyl groups is 2. The van der Waals surface area contributed by atoms with E-state index >= 15 is 0 Å².